The Morgan fingerprint density at radius 1 is 1.12 bits per heavy atom. The molecule has 0 spiro atoms. The number of rotatable bonds is 6. The summed E-state index contributed by atoms with van der Waals surface area (Å²) in [5.41, 5.74) is 3.23. The molecular formula is C25H21NO6. The smallest absolute Gasteiger partial charge is 0.328 e. The van der Waals surface area contributed by atoms with Gasteiger partial charge in [-0.3, -0.25) is 9.59 Å². The maximum atomic E-state index is 13.0. The van der Waals surface area contributed by atoms with E-state index in [1.165, 1.54) is 0 Å². The minimum Gasteiger partial charge on any atom is -0.494 e. The van der Waals surface area contributed by atoms with Crippen molar-refractivity contribution in [1.82, 2.24) is 0 Å². The quantitative estimate of drug-likeness (QED) is 0.565. The van der Waals surface area contributed by atoms with Crippen molar-refractivity contribution in [2.24, 2.45) is 0 Å². The van der Waals surface area contributed by atoms with Crippen LogP contribution in [0, 0.1) is 0 Å². The first-order valence-electron chi connectivity index (χ1n) is 10.2. The third kappa shape index (κ3) is 4.46. The van der Waals surface area contributed by atoms with E-state index in [2.05, 4.69) is 5.32 Å². The Kier molecular flexibility index (Phi) is 5.89. The molecule has 1 aliphatic rings. The Morgan fingerprint density at radius 3 is 2.62 bits per heavy atom. The molecule has 32 heavy (non-hydrogen) atoms. The van der Waals surface area contributed by atoms with Crippen LogP contribution in [0.3, 0.4) is 0 Å². The number of fused-ring (bicyclic) bond motifs is 2. The van der Waals surface area contributed by atoms with Crippen LogP contribution in [-0.4, -0.2) is 23.6 Å². The highest BCUT2D eigenvalue weighted by atomic mass is 16.5. The van der Waals surface area contributed by atoms with Crippen molar-refractivity contribution in [3.8, 4) is 5.75 Å². The van der Waals surface area contributed by atoms with Gasteiger partial charge in [-0.1, -0.05) is 12.1 Å². The minimum atomic E-state index is -1.22. The highest BCUT2D eigenvalue weighted by molar-refractivity contribution is 6.03. The molecule has 0 aliphatic heterocycles. The second-order valence-electron chi connectivity index (χ2n) is 7.28. The summed E-state index contributed by atoms with van der Waals surface area (Å²) in [5, 5.41) is 11.6. The van der Waals surface area contributed by atoms with E-state index >= 15 is 0 Å². The zero-order chi connectivity index (χ0) is 22.7. The summed E-state index contributed by atoms with van der Waals surface area (Å²) in [7, 11) is 0. The van der Waals surface area contributed by atoms with Crippen LogP contribution in [0.1, 0.15) is 30.2 Å². The van der Waals surface area contributed by atoms with Gasteiger partial charge in [0.05, 0.1) is 12.0 Å². The topological polar surface area (TPSA) is 106 Å². The Bertz CT molecular complexity index is 1310. The summed E-state index contributed by atoms with van der Waals surface area (Å²) >= 11 is 0. The van der Waals surface area contributed by atoms with Gasteiger partial charge in [-0.05, 0) is 61.2 Å². The molecule has 1 aromatic heterocycles. The van der Waals surface area contributed by atoms with E-state index in [-0.39, 0.29) is 5.43 Å². The average Bonchev–Trinajstić information content (AvgIpc) is 3.16. The predicted molar refractivity (Wildman–Crippen MR) is 122 cm³/mol. The van der Waals surface area contributed by atoms with Crippen molar-refractivity contribution in [3.05, 3.63) is 81.7 Å². The molecule has 1 aliphatic carbocycles. The number of carboxylic acids is 1. The van der Waals surface area contributed by atoms with Gasteiger partial charge >= 0.3 is 5.97 Å². The summed E-state index contributed by atoms with van der Waals surface area (Å²) in [6, 6.07) is 12.5. The Labute approximate surface area is 183 Å². The van der Waals surface area contributed by atoms with Crippen molar-refractivity contribution in [2.75, 3.05) is 11.9 Å². The standard InChI is InChI=1S/C25H21NO6/c1-2-31-18-7-3-15(4-8-18)13-16-5-9-20-24(30)19-10-6-17(14-21(19)32-25(16)20)26-22(27)11-12-23(28)29/h3-4,6-8,10-14H,2,5,9H2,1H3,(H,26,27)(H,28,29)/b12-11-,16-13+. The predicted octanol–water partition coefficient (Wildman–Crippen LogP) is 4.26. The molecule has 1 amide bonds. The van der Waals surface area contributed by atoms with Crippen LogP contribution in [0.25, 0.3) is 22.6 Å². The van der Waals surface area contributed by atoms with Crippen LogP contribution >= 0.6 is 0 Å². The zero-order valence-corrected chi connectivity index (χ0v) is 17.4. The van der Waals surface area contributed by atoms with Crippen LogP contribution < -0.4 is 15.5 Å². The van der Waals surface area contributed by atoms with Crippen LogP contribution in [0.15, 0.2) is 63.8 Å². The van der Waals surface area contributed by atoms with Gasteiger partial charge in [-0.15, -0.1) is 0 Å². The van der Waals surface area contributed by atoms with Crippen LogP contribution in [-0.2, 0) is 16.0 Å². The Morgan fingerprint density at radius 2 is 1.91 bits per heavy atom. The first-order valence-corrected chi connectivity index (χ1v) is 10.2. The third-order valence-corrected chi connectivity index (χ3v) is 5.10. The largest absolute Gasteiger partial charge is 0.494 e. The van der Waals surface area contributed by atoms with E-state index in [1.54, 1.807) is 18.2 Å². The van der Waals surface area contributed by atoms with E-state index in [9.17, 15) is 14.4 Å². The fraction of sp³-hybridized carbons (Fsp3) is 0.160. The molecule has 7 nitrogen and oxygen atoms in total. The number of anilines is 1. The molecule has 0 saturated heterocycles. The van der Waals surface area contributed by atoms with Gasteiger partial charge in [0.15, 0.2) is 5.43 Å². The van der Waals surface area contributed by atoms with E-state index in [4.69, 9.17) is 14.3 Å². The lowest BCUT2D eigenvalue weighted by molar-refractivity contribution is -0.131. The number of nitrogens with one attached hydrogen (secondary N) is 1. The van der Waals surface area contributed by atoms with Gasteiger partial charge in [0.2, 0.25) is 5.91 Å². The van der Waals surface area contributed by atoms with Crippen molar-refractivity contribution in [2.45, 2.75) is 19.8 Å². The lowest BCUT2D eigenvalue weighted by Crippen LogP contribution is -2.11. The summed E-state index contributed by atoms with van der Waals surface area (Å²) < 4.78 is 11.6. The number of carbonyl (C=O) groups excluding carboxylic acids is 1. The van der Waals surface area contributed by atoms with E-state index in [1.807, 2.05) is 37.3 Å². The molecule has 1 heterocycles. The SMILES string of the molecule is CCOc1ccc(/C=C2\CCc3c2oc2cc(NC(=O)/C=C\C(=O)O)ccc2c3=O)cc1. The number of carbonyl (C=O) groups is 2. The van der Waals surface area contributed by atoms with Crippen molar-refractivity contribution >= 4 is 40.2 Å². The van der Waals surface area contributed by atoms with Crippen molar-refractivity contribution < 1.29 is 23.8 Å². The number of hydrogen-bond donors (Lipinski definition) is 2. The molecule has 2 aromatic carbocycles. The van der Waals surface area contributed by atoms with E-state index in [0.717, 1.165) is 29.0 Å². The van der Waals surface area contributed by atoms with Gasteiger partial charge in [-0.2, -0.15) is 0 Å². The van der Waals surface area contributed by atoms with Gasteiger partial charge in [0.1, 0.15) is 17.1 Å². The lowest BCUT2D eigenvalue weighted by atomic mass is 10.1. The Hall–Kier alpha value is -4.13. The van der Waals surface area contributed by atoms with Crippen LogP contribution in [0.4, 0.5) is 5.69 Å². The molecule has 3 aromatic rings. The highest BCUT2D eigenvalue weighted by Crippen LogP contribution is 2.34. The van der Waals surface area contributed by atoms with E-state index in [0.29, 0.717) is 47.4 Å². The summed E-state index contributed by atoms with van der Waals surface area (Å²) in [4.78, 5) is 35.4. The summed E-state index contributed by atoms with van der Waals surface area (Å²) in [6.45, 7) is 2.53. The molecule has 0 unspecified atom stereocenters. The highest BCUT2D eigenvalue weighted by Gasteiger charge is 2.24. The fourth-order valence-electron chi connectivity index (χ4n) is 3.67. The number of benzene rings is 2. The third-order valence-electron chi connectivity index (χ3n) is 5.10. The number of aliphatic carboxylic acids is 1. The molecule has 0 bridgehead atoms. The molecule has 2 N–H and O–H groups in total. The number of allylic oxidation sites excluding steroid dienone is 1. The normalized spacial score (nSPS) is 14.1. The Balaban J connectivity index is 1.67. The molecule has 0 saturated carbocycles. The maximum Gasteiger partial charge on any atom is 0.328 e. The first kappa shape index (κ1) is 21.1. The van der Waals surface area contributed by atoms with Gasteiger partial charge in [0.25, 0.3) is 0 Å². The zero-order valence-electron chi connectivity index (χ0n) is 17.4. The molecule has 4 rings (SSSR count). The monoisotopic (exact) mass is 431 g/mol. The van der Waals surface area contributed by atoms with Crippen LogP contribution in [0.5, 0.6) is 5.75 Å². The summed E-state index contributed by atoms with van der Waals surface area (Å²) in [6.07, 6.45) is 4.97. The van der Waals surface area contributed by atoms with Gasteiger partial charge in [0, 0.05) is 29.5 Å². The first-order chi connectivity index (χ1) is 15.4. The fourth-order valence-corrected chi connectivity index (χ4v) is 3.67. The second kappa shape index (κ2) is 8.93. The molecular weight excluding hydrogens is 410 g/mol. The molecule has 7 heteroatoms. The molecule has 0 radical (unpaired) electrons. The van der Waals surface area contributed by atoms with Gasteiger partial charge < -0.3 is 19.6 Å². The number of hydrogen-bond acceptors (Lipinski definition) is 5. The van der Waals surface area contributed by atoms with E-state index < -0.39 is 11.9 Å². The van der Waals surface area contributed by atoms with Gasteiger partial charge in [-0.25, -0.2) is 4.79 Å². The minimum absolute atomic E-state index is 0.0833. The average molecular weight is 431 g/mol. The summed E-state index contributed by atoms with van der Waals surface area (Å²) in [5.74, 6) is -0.448. The number of ether oxygens (including phenoxy) is 1. The molecule has 0 fully saturated rings. The number of carboxylic acid groups (broad SMARTS) is 1. The van der Waals surface area contributed by atoms with Crippen molar-refractivity contribution in [3.63, 3.8) is 0 Å². The van der Waals surface area contributed by atoms with Crippen molar-refractivity contribution in [1.29, 1.82) is 0 Å². The lowest BCUT2D eigenvalue weighted by Gasteiger charge is -2.07. The van der Waals surface area contributed by atoms with Crippen LogP contribution in [0.2, 0.25) is 0 Å². The number of amides is 1. The molecule has 162 valence electrons. The molecule has 0 atom stereocenters. The second-order valence-corrected chi connectivity index (χ2v) is 7.28. The maximum absolute atomic E-state index is 13.0.